The topological polar surface area (TPSA) is 68.0 Å². The van der Waals surface area contributed by atoms with E-state index < -0.39 is 0 Å². The van der Waals surface area contributed by atoms with E-state index in [4.69, 9.17) is 9.51 Å². The highest BCUT2D eigenvalue weighted by molar-refractivity contribution is 5.80. The second-order valence-electron chi connectivity index (χ2n) is 8.68. The largest absolute Gasteiger partial charge is 0.356 e. The molecule has 4 rings (SSSR count). The number of aryl methyl sites for hydroxylation is 1. The van der Waals surface area contributed by atoms with Crippen molar-refractivity contribution < 1.29 is 9.32 Å². The van der Waals surface area contributed by atoms with Gasteiger partial charge >= 0.3 is 0 Å². The Morgan fingerprint density at radius 2 is 2.11 bits per heavy atom. The summed E-state index contributed by atoms with van der Waals surface area (Å²) in [6.45, 7) is 7.16. The monoisotopic (exact) mass is 367 g/mol. The van der Waals surface area contributed by atoms with Crippen molar-refractivity contribution in [3.05, 3.63) is 35.7 Å². The summed E-state index contributed by atoms with van der Waals surface area (Å²) in [4.78, 5) is 17.6. The van der Waals surface area contributed by atoms with Crippen LogP contribution in [0.3, 0.4) is 0 Å². The minimum absolute atomic E-state index is 0.0262. The number of aromatic nitrogens is 2. The lowest BCUT2D eigenvalue weighted by Gasteiger charge is -2.27. The summed E-state index contributed by atoms with van der Waals surface area (Å²) >= 11 is 0. The van der Waals surface area contributed by atoms with Crippen LogP contribution in [0.5, 0.6) is 0 Å². The maximum Gasteiger partial charge on any atom is 0.231 e. The molecule has 1 aromatic heterocycles. The van der Waals surface area contributed by atoms with Crippen molar-refractivity contribution in [2.75, 3.05) is 6.54 Å². The lowest BCUT2D eigenvalue weighted by molar-refractivity contribution is -0.127. The van der Waals surface area contributed by atoms with Crippen molar-refractivity contribution in [3.8, 4) is 11.4 Å². The molecule has 0 unspecified atom stereocenters. The van der Waals surface area contributed by atoms with Crippen LogP contribution in [-0.2, 0) is 4.79 Å². The van der Waals surface area contributed by atoms with Crippen molar-refractivity contribution in [1.82, 2.24) is 15.5 Å². The SMILES string of the molecule is Cc1cccc(-c2noc([C@H]3[C@@H]4CC[C@@H](C4)[C@@H]3C(=O)NCCC(C)C)n2)c1. The van der Waals surface area contributed by atoms with E-state index >= 15 is 0 Å². The van der Waals surface area contributed by atoms with E-state index in [0.717, 1.165) is 37.8 Å². The molecule has 0 saturated heterocycles. The lowest BCUT2D eigenvalue weighted by atomic mass is 9.78. The van der Waals surface area contributed by atoms with E-state index in [1.807, 2.05) is 12.1 Å². The summed E-state index contributed by atoms with van der Waals surface area (Å²) in [5, 5.41) is 7.37. The number of carbonyl (C=O) groups is 1. The zero-order chi connectivity index (χ0) is 19.0. The van der Waals surface area contributed by atoms with Gasteiger partial charge in [0.2, 0.25) is 17.6 Å². The van der Waals surface area contributed by atoms with Crippen LogP contribution in [0.15, 0.2) is 28.8 Å². The average Bonchev–Trinajstić information content (AvgIpc) is 3.36. The highest BCUT2D eigenvalue weighted by Gasteiger charge is 2.53. The Labute approximate surface area is 160 Å². The number of nitrogens with one attached hydrogen (secondary N) is 1. The van der Waals surface area contributed by atoms with Gasteiger partial charge in [-0.2, -0.15) is 4.98 Å². The third-order valence-corrected chi connectivity index (χ3v) is 6.24. The standard InChI is InChI=1S/C22H29N3O2/c1-13(2)9-10-23-21(26)18-15-7-8-16(12-15)19(18)22-24-20(25-27-22)17-6-4-5-14(3)11-17/h4-6,11,13,15-16,18-19H,7-10,12H2,1-3H3,(H,23,26)/t15-,16+,18-,19-/m0/s1. The predicted molar refractivity (Wildman–Crippen MR) is 104 cm³/mol. The van der Waals surface area contributed by atoms with Crippen LogP contribution in [0.2, 0.25) is 0 Å². The van der Waals surface area contributed by atoms with E-state index in [9.17, 15) is 4.79 Å². The Bertz CT molecular complexity index is 813. The zero-order valence-corrected chi connectivity index (χ0v) is 16.4. The Morgan fingerprint density at radius 1 is 1.30 bits per heavy atom. The molecule has 5 nitrogen and oxygen atoms in total. The van der Waals surface area contributed by atoms with Gasteiger partial charge in [0.15, 0.2) is 0 Å². The van der Waals surface area contributed by atoms with Crippen molar-refractivity contribution in [2.45, 2.75) is 52.4 Å². The fourth-order valence-corrected chi connectivity index (χ4v) is 4.90. The van der Waals surface area contributed by atoms with Crippen LogP contribution in [0, 0.1) is 30.6 Å². The first-order chi connectivity index (χ1) is 13.0. The summed E-state index contributed by atoms with van der Waals surface area (Å²) < 4.78 is 5.68. The molecular formula is C22H29N3O2. The second-order valence-corrected chi connectivity index (χ2v) is 8.68. The highest BCUT2D eigenvalue weighted by atomic mass is 16.5. The summed E-state index contributed by atoms with van der Waals surface area (Å²) in [7, 11) is 0. The first kappa shape index (κ1) is 18.2. The molecule has 2 saturated carbocycles. The molecule has 5 heteroatoms. The van der Waals surface area contributed by atoms with Gasteiger partial charge < -0.3 is 9.84 Å². The number of nitrogens with zero attached hydrogens (tertiary/aromatic N) is 2. The zero-order valence-electron chi connectivity index (χ0n) is 16.4. The minimum Gasteiger partial charge on any atom is -0.356 e. The fraction of sp³-hybridized carbons (Fsp3) is 0.591. The molecule has 0 aliphatic heterocycles. The minimum atomic E-state index is -0.0262. The fourth-order valence-electron chi connectivity index (χ4n) is 4.90. The van der Waals surface area contributed by atoms with Crippen LogP contribution in [0.25, 0.3) is 11.4 Å². The van der Waals surface area contributed by atoms with Gasteiger partial charge in [-0.15, -0.1) is 0 Å². The average molecular weight is 367 g/mol. The molecule has 1 aromatic carbocycles. The van der Waals surface area contributed by atoms with E-state index in [-0.39, 0.29) is 17.7 Å². The lowest BCUT2D eigenvalue weighted by Crippen LogP contribution is -2.38. The summed E-state index contributed by atoms with van der Waals surface area (Å²) in [6, 6.07) is 8.12. The molecule has 2 aromatic rings. The van der Waals surface area contributed by atoms with Gasteiger partial charge in [0.05, 0.1) is 11.8 Å². The second kappa shape index (κ2) is 7.45. The molecule has 4 atom stereocenters. The van der Waals surface area contributed by atoms with Gasteiger partial charge in [-0.1, -0.05) is 42.8 Å². The van der Waals surface area contributed by atoms with Gasteiger partial charge in [-0.3, -0.25) is 4.79 Å². The van der Waals surface area contributed by atoms with Gasteiger partial charge in [0.1, 0.15) is 0 Å². The van der Waals surface area contributed by atoms with E-state index in [1.54, 1.807) is 0 Å². The number of hydrogen-bond acceptors (Lipinski definition) is 4. The summed E-state index contributed by atoms with van der Waals surface area (Å²) in [6.07, 6.45) is 4.42. The van der Waals surface area contributed by atoms with Crippen LogP contribution in [0.4, 0.5) is 0 Å². The number of hydrogen-bond donors (Lipinski definition) is 1. The predicted octanol–water partition coefficient (Wildman–Crippen LogP) is 4.34. The number of carbonyl (C=O) groups excluding carboxylic acids is 1. The quantitative estimate of drug-likeness (QED) is 0.825. The maximum atomic E-state index is 12.9. The van der Waals surface area contributed by atoms with Crippen LogP contribution in [-0.4, -0.2) is 22.6 Å². The van der Waals surface area contributed by atoms with Crippen molar-refractivity contribution in [1.29, 1.82) is 0 Å². The molecule has 2 aliphatic carbocycles. The van der Waals surface area contributed by atoms with E-state index in [2.05, 4.69) is 43.4 Å². The molecule has 1 amide bonds. The molecule has 0 spiro atoms. The number of rotatable bonds is 6. The van der Waals surface area contributed by atoms with Crippen LogP contribution >= 0.6 is 0 Å². The third kappa shape index (κ3) is 3.64. The molecule has 27 heavy (non-hydrogen) atoms. The van der Waals surface area contributed by atoms with Crippen molar-refractivity contribution in [2.24, 2.45) is 23.7 Å². The van der Waals surface area contributed by atoms with E-state index in [0.29, 0.717) is 29.5 Å². The molecule has 2 fully saturated rings. The molecule has 144 valence electrons. The summed E-state index contributed by atoms with van der Waals surface area (Å²) in [5.74, 6) is 3.00. The van der Waals surface area contributed by atoms with Crippen LogP contribution in [0.1, 0.15) is 56.9 Å². The highest BCUT2D eigenvalue weighted by Crippen LogP contribution is 2.56. The molecule has 0 radical (unpaired) electrons. The number of fused-ring (bicyclic) bond motifs is 2. The van der Waals surface area contributed by atoms with Crippen molar-refractivity contribution in [3.63, 3.8) is 0 Å². The van der Waals surface area contributed by atoms with Gasteiger partial charge in [0.25, 0.3) is 0 Å². The van der Waals surface area contributed by atoms with Gasteiger partial charge in [0, 0.05) is 12.1 Å². The Balaban J connectivity index is 1.54. The first-order valence-electron chi connectivity index (χ1n) is 10.2. The van der Waals surface area contributed by atoms with Gasteiger partial charge in [-0.25, -0.2) is 0 Å². The Morgan fingerprint density at radius 3 is 2.89 bits per heavy atom. The Kier molecular flexibility index (Phi) is 5.02. The number of amides is 1. The van der Waals surface area contributed by atoms with Gasteiger partial charge in [-0.05, 0) is 56.4 Å². The molecule has 2 bridgehead atoms. The molecule has 1 heterocycles. The van der Waals surface area contributed by atoms with E-state index in [1.165, 1.54) is 5.56 Å². The molecule has 2 aliphatic rings. The van der Waals surface area contributed by atoms with Crippen molar-refractivity contribution >= 4 is 5.91 Å². The third-order valence-electron chi connectivity index (χ3n) is 6.24. The summed E-state index contributed by atoms with van der Waals surface area (Å²) in [5.41, 5.74) is 2.13. The molecular weight excluding hydrogens is 338 g/mol. The Hall–Kier alpha value is -2.17. The normalized spacial score (nSPS) is 26.7. The smallest absolute Gasteiger partial charge is 0.231 e. The first-order valence-corrected chi connectivity index (χ1v) is 10.2. The number of benzene rings is 1. The molecule has 1 N–H and O–H groups in total. The van der Waals surface area contributed by atoms with Crippen LogP contribution < -0.4 is 5.32 Å². The maximum absolute atomic E-state index is 12.9.